The van der Waals surface area contributed by atoms with Gasteiger partial charge in [0, 0.05) is 24.5 Å². The molecule has 96 valence electrons. The summed E-state index contributed by atoms with van der Waals surface area (Å²) in [7, 11) is 3.58. The number of halogens is 2. The summed E-state index contributed by atoms with van der Waals surface area (Å²) >= 11 is 9.45. The third-order valence-corrected chi connectivity index (χ3v) is 3.38. The minimum atomic E-state index is 0.604. The predicted octanol–water partition coefficient (Wildman–Crippen LogP) is 3.46. The first-order valence-corrected chi connectivity index (χ1v) is 6.52. The van der Waals surface area contributed by atoms with Crippen molar-refractivity contribution in [2.24, 2.45) is 7.05 Å². The predicted molar refractivity (Wildman–Crippen MR) is 76.2 cm³/mol. The summed E-state index contributed by atoms with van der Waals surface area (Å²) in [5, 5.41) is 3.91. The molecular formula is C12H13BrClN3O. The normalized spacial score (nSPS) is 10.4. The Morgan fingerprint density at radius 2 is 2.28 bits per heavy atom. The summed E-state index contributed by atoms with van der Waals surface area (Å²) in [5.74, 6) is 1.67. The van der Waals surface area contributed by atoms with Gasteiger partial charge in [-0.25, -0.2) is 4.98 Å². The maximum absolute atomic E-state index is 6.02. The second kappa shape index (κ2) is 5.63. The van der Waals surface area contributed by atoms with Crippen LogP contribution < -0.4 is 10.1 Å². The Bertz CT molecular complexity index is 556. The van der Waals surface area contributed by atoms with E-state index in [-0.39, 0.29) is 0 Å². The summed E-state index contributed by atoms with van der Waals surface area (Å²) in [5.41, 5.74) is 0.833. The van der Waals surface area contributed by atoms with Gasteiger partial charge in [0.05, 0.1) is 23.8 Å². The number of hydrogen-bond donors (Lipinski definition) is 1. The summed E-state index contributed by atoms with van der Waals surface area (Å²) in [6.07, 6.45) is 3.67. The number of benzene rings is 1. The van der Waals surface area contributed by atoms with Crippen molar-refractivity contribution in [2.45, 2.75) is 6.54 Å². The Balaban J connectivity index is 2.21. The van der Waals surface area contributed by atoms with E-state index in [2.05, 4.69) is 26.2 Å². The summed E-state index contributed by atoms with van der Waals surface area (Å²) < 4.78 is 8.11. The lowest BCUT2D eigenvalue weighted by Gasteiger charge is -2.13. The largest absolute Gasteiger partial charge is 0.493 e. The number of anilines is 1. The number of nitrogens with one attached hydrogen (secondary N) is 1. The highest BCUT2D eigenvalue weighted by Crippen LogP contribution is 2.36. The summed E-state index contributed by atoms with van der Waals surface area (Å²) in [4.78, 5) is 4.25. The van der Waals surface area contributed by atoms with Crippen molar-refractivity contribution >= 4 is 33.2 Å². The molecule has 1 heterocycles. The number of rotatable bonds is 4. The van der Waals surface area contributed by atoms with E-state index in [1.54, 1.807) is 19.4 Å². The molecule has 0 radical (unpaired) electrons. The highest BCUT2D eigenvalue weighted by molar-refractivity contribution is 9.10. The topological polar surface area (TPSA) is 39.1 Å². The summed E-state index contributed by atoms with van der Waals surface area (Å²) in [6.45, 7) is 0.604. The second-order valence-corrected chi connectivity index (χ2v) is 5.07. The van der Waals surface area contributed by atoms with Crippen LogP contribution in [0.25, 0.3) is 0 Å². The molecule has 1 aromatic carbocycles. The maximum atomic E-state index is 6.02. The van der Waals surface area contributed by atoms with Gasteiger partial charge >= 0.3 is 0 Å². The SMILES string of the molecule is COc1c(Br)cc(Cl)cc1NCc1nccn1C. The quantitative estimate of drug-likeness (QED) is 0.933. The number of methoxy groups -OCH3 is 1. The van der Waals surface area contributed by atoms with Gasteiger partial charge in [-0.2, -0.15) is 0 Å². The molecule has 1 N–H and O–H groups in total. The fourth-order valence-electron chi connectivity index (χ4n) is 1.64. The first kappa shape index (κ1) is 13.2. The van der Waals surface area contributed by atoms with Crippen molar-refractivity contribution in [2.75, 3.05) is 12.4 Å². The van der Waals surface area contributed by atoms with E-state index < -0.39 is 0 Å². The van der Waals surface area contributed by atoms with Crippen LogP contribution in [0.3, 0.4) is 0 Å². The highest BCUT2D eigenvalue weighted by Gasteiger charge is 2.10. The minimum absolute atomic E-state index is 0.604. The van der Waals surface area contributed by atoms with Gasteiger partial charge in [-0.15, -0.1) is 0 Å². The van der Waals surface area contributed by atoms with E-state index >= 15 is 0 Å². The molecule has 18 heavy (non-hydrogen) atoms. The lowest BCUT2D eigenvalue weighted by molar-refractivity contribution is 0.414. The molecule has 6 heteroatoms. The van der Waals surface area contributed by atoms with Crippen LogP contribution in [-0.4, -0.2) is 16.7 Å². The van der Waals surface area contributed by atoms with Crippen molar-refractivity contribution < 1.29 is 4.74 Å². The van der Waals surface area contributed by atoms with Crippen LogP contribution in [0.4, 0.5) is 5.69 Å². The lowest BCUT2D eigenvalue weighted by Crippen LogP contribution is -2.06. The van der Waals surface area contributed by atoms with Crippen LogP contribution in [0.5, 0.6) is 5.75 Å². The molecule has 2 aromatic rings. The van der Waals surface area contributed by atoms with Gasteiger partial charge in [-0.1, -0.05) is 11.6 Å². The average Bonchev–Trinajstić information content (AvgIpc) is 2.71. The van der Waals surface area contributed by atoms with Gasteiger partial charge in [-0.3, -0.25) is 0 Å². The van der Waals surface area contributed by atoms with Crippen LogP contribution in [-0.2, 0) is 13.6 Å². The Hall–Kier alpha value is -1.20. The molecule has 0 aliphatic heterocycles. The van der Waals surface area contributed by atoms with E-state index in [9.17, 15) is 0 Å². The van der Waals surface area contributed by atoms with Crippen LogP contribution >= 0.6 is 27.5 Å². The standard InChI is InChI=1S/C12H13BrClN3O/c1-17-4-3-15-11(17)7-16-10-6-8(14)5-9(13)12(10)18-2/h3-6,16H,7H2,1-2H3. The van der Waals surface area contributed by atoms with Crippen molar-refractivity contribution in [1.29, 1.82) is 0 Å². The molecule has 0 aliphatic rings. The number of aryl methyl sites for hydroxylation is 1. The van der Waals surface area contributed by atoms with E-state index in [0.717, 1.165) is 21.7 Å². The lowest BCUT2D eigenvalue weighted by atomic mass is 10.3. The zero-order chi connectivity index (χ0) is 13.1. The van der Waals surface area contributed by atoms with Crippen molar-refractivity contribution in [3.8, 4) is 5.75 Å². The number of aromatic nitrogens is 2. The molecule has 0 fully saturated rings. The van der Waals surface area contributed by atoms with E-state index in [0.29, 0.717) is 11.6 Å². The number of ether oxygens (including phenoxy) is 1. The molecule has 0 amide bonds. The molecule has 0 spiro atoms. The van der Waals surface area contributed by atoms with Crippen molar-refractivity contribution in [1.82, 2.24) is 9.55 Å². The maximum Gasteiger partial charge on any atom is 0.156 e. The number of hydrogen-bond acceptors (Lipinski definition) is 3. The number of nitrogens with zero attached hydrogens (tertiary/aromatic N) is 2. The van der Waals surface area contributed by atoms with Crippen LogP contribution in [0.15, 0.2) is 29.0 Å². The molecular weight excluding hydrogens is 318 g/mol. The molecule has 0 saturated carbocycles. The van der Waals surface area contributed by atoms with Gasteiger partial charge in [0.15, 0.2) is 5.75 Å². The Labute approximate surface area is 119 Å². The monoisotopic (exact) mass is 329 g/mol. The zero-order valence-electron chi connectivity index (χ0n) is 10.1. The molecule has 0 bridgehead atoms. The Morgan fingerprint density at radius 3 is 2.89 bits per heavy atom. The molecule has 0 atom stereocenters. The smallest absolute Gasteiger partial charge is 0.156 e. The molecule has 0 aliphatic carbocycles. The van der Waals surface area contributed by atoms with Crippen LogP contribution in [0.2, 0.25) is 5.02 Å². The van der Waals surface area contributed by atoms with Crippen LogP contribution in [0.1, 0.15) is 5.82 Å². The fraction of sp³-hybridized carbons (Fsp3) is 0.250. The highest BCUT2D eigenvalue weighted by atomic mass is 79.9. The van der Waals surface area contributed by atoms with E-state index in [1.807, 2.05) is 23.9 Å². The van der Waals surface area contributed by atoms with Crippen molar-refractivity contribution in [3.05, 3.63) is 39.8 Å². The van der Waals surface area contributed by atoms with Gasteiger partial charge in [0.2, 0.25) is 0 Å². The fourth-order valence-corrected chi connectivity index (χ4v) is 2.61. The van der Waals surface area contributed by atoms with E-state index in [1.165, 1.54) is 0 Å². The summed E-state index contributed by atoms with van der Waals surface area (Å²) in [6, 6.07) is 3.63. The first-order chi connectivity index (χ1) is 8.61. The molecule has 4 nitrogen and oxygen atoms in total. The van der Waals surface area contributed by atoms with E-state index in [4.69, 9.17) is 16.3 Å². The molecule has 0 saturated heterocycles. The van der Waals surface area contributed by atoms with Gasteiger partial charge in [-0.05, 0) is 28.1 Å². The third-order valence-electron chi connectivity index (χ3n) is 2.57. The Kier molecular flexibility index (Phi) is 4.14. The Morgan fingerprint density at radius 1 is 1.50 bits per heavy atom. The molecule has 0 unspecified atom stereocenters. The van der Waals surface area contributed by atoms with Crippen molar-refractivity contribution in [3.63, 3.8) is 0 Å². The van der Waals surface area contributed by atoms with Gasteiger partial charge in [0.25, 0.3) is 0 Å². The first-order valence-electron chi connectivity index (χ1n) is 5.35. The number of imidazole rings is 1. The minimum Gasteiger partial charge on any atom is -0.493 e. The third kappa shape index (κ3) is 2.79. The van der Waals surface area contributed by atoms with Gasteiger partial charge < -0.3 is 14.6 Å². The zero-order valence-corrected chi connectivity index (χ0v) is 12.4. The molecule has 1 aromatic heterocycles. The van der Waals surface area contributed by atoms with Gasteiger partial charge in [0.1, 0.15) is 5.82 Å². The van der Waals surface area contributed by atoms with Crippen LogP contribution in [0, 0.1) is 0 Å². The second-order valence-electron chi connectivity index (χ2n) is 3.78. The molecule has 2 rings (SSSR count). The average molecular weight is 331 g/mol.